The first-order valence-electron chi connectivity index (χ1n) is 6.52. The van der Waals surface area contributed by atoms with E-state index < -0.39 is 0 Å². The number of hydrogen-bond donors (Lipinski definition) is 2. The van der Waals surface area contributed by atoms with E-state index in [9.17, 15) is 0 Å². The van der Waals surface area contributed by atoms with Gasteiger partial charge in [-0.15, -0.1) is 0 Å². The molecule has 98 valence electrons. The minimum atomic E-state index is 0.328. The summed E-state index contributed by atoms with van der Waals surface area (Å²) < 4.78 is 0. The summed E-state index contributed by atoms with van der Waals surface area (Å²) in [7, 11) is 0. The number of nitrogens with one attached hydrogen (secondary N) is 2. The highest BCUT2D eigenvalue weighted by molar-refractivity contribution is 5.41. The molecule has 1 saturated heterocycles. The van der Waals surface area contributed by atoms with Gasteiger partial charge in [0.25, 0.3) is 0 Å². The number of anilines is 2. The molecule has 0 aromatic carbocycles. The molecule has 3 rings (SSSR count). The summed E-state index contributed by atoms with van der Waals surface area (Å²) in [6.45, 7) is 1.05. The van der Waals surface area contributed by atoms with Crippen LogP contribution < -0.4 is 10.6 Å². The van der Waals surface area contributed by atoms with E-state index in [1.54, 1.807) is 24.7 Å². The lowest BCUT2D eigenvalue weighted by Crippen LogP contribution is -2.27. The van der Waals surface area contributed by atoms with Crippen LogP contribution in [0.2, 0.25) is 0 Å². The molecule has 2 N–H and O–H groups in total. The molecule has 1 atom stereocenters. The normalized spacial score (nSPS) is 19.1. The number of rotatable bonds is 3. The van der Waals surface area contributed by atoms with Gasteiger partial charge in [0, 0.05) is 24.6 Å². The number of hydrogen-bond acceptors (Lipinski definition) is 6. The molecule has 2 aromatic rings. The van der Waals surface area contributed by atoms with Crippen LogP contribution in [0.15, 0.2) is 30.7 Å². The Kier molecular flexibility index (Phi) is 3.60. The second-order valence-electron chi connectivity index (χ2n) is 4.51. The van der Waals surface area contributed by atoms with Crippen molar-refractivity contribution in [1.29, 1.82) is 0 Å². The predicted molar refractivity (Wildman–Crippen MR) is 71.9 cm³/mol. The summed E-state index contributed by atoms with van der Waals surface area (Å²) in [4.78, 5) is 16.9. The molecule has 3 heterocycles. The summed E-state index contributed by atoms with van der Waals surface area (Å²) in [5.41, 5.74) is 1.02. The van der Waals surface area contributed by atoms with E-state index in [1.807, 2.05) is 6.07 Å². The van der Waals surface area contributed by atoms with Crippen LogP contribution in [-0.4, -0.2) is 26.5 Å². The zero-order valence-electron chi connectivity index (χ0n) is 10.6. The fourth-order valence-electron chi connectivity index (χ4n) is 2.19. The number of piperidine rings is 1. The van der Waals surface area contributed by atoms with Gasteiger partial charge in [-0.3, -0.25) is 5.32 Å². The Morgan fingerprint density at radius 3 is 2.68 bits per heavy atom. The minimum absolute atomic E-state index is 0.328. The van der Waals surface area contributed by atoms with Gasteiger partial charge in [0.1, 0.15) is 0 Å². The fraction of sp³-hybridized carbons (Fsp3) is 0.385. The molecule has 1 unspecified atom stereocenters. The summed E-state index contributed by atoms with van der Waals surface area (Å²) in [6.07, 6.45) is 8.74. The first-order chi connectivity index (χ1) is 9.42. The molecule has 1 fully saturated rings. The minimum Gasteiger partial charge on any atom is -0.309 e. The zero-order chi connectivity index (χ0) is 12.9. The lowest BCUT2D eigenvalue weighted by atomic mass is 10.0. The zero-order valence-corrected chi connectivity index (χ0v) is 10.6. The smallest absolute Gasteiger partial charge is 0.229 e. The van der Waals surface area contributed by atoms with Crippen molar-refractivity contribution in [2.24, 2.45) is 0 Å². The summed E-state index contributed by atoms with van der Waals surface area (Å²) in [5, 5.41) is 6.49. The van der Waals surface area contributed by atoms with E-state index in [1.165, 1.54) is 12.8 Å². The van der Waals surface area contributed by atoms with Gasteiger partial charge in [-0.25, -0.2) is 19.9 Å². The Balaban J connectivity index is 1.76. The molecule has 0 spiro atoms. The van der Waals surface area contributed by atoms with Crippen LogP contribution in [0.25, 0.3) is 0 Å². The summed E-state index contributed by atoms with van der Waals surface area (Å²) in [5.74, 6) is 1.05. The molecule has 0 saturated carbocycles. The van der Waals surface area contributed by atoms with Crippen LogP contribution in [0.4, 0.5) is 11.9 Å². The lowest BCUT2D eigenvalue weighted by molar-refractivity contribution is 0.405. The van der Waals surface area contributed by atoms with Crippen molar-refractivity contribution in [3.8, 4) is 0 Å². The van der Waals surface area contributed by atoms with E-state index in [0.29, 0.717) is 17.9 Å². The number of aromatic nitrogens is 4. The molecule has 0 amide bonds. The van der Waals surface area contributed by atoms with E-state index in [0.717, 1.165) is 18.7 Å². The molecule has 6 nitrogen and oxygen atoms in total. The maximum absolute atomic E-state index is 4.53. The van der Waals surface area contributed by atoms with Crippen molar-refractivity contribution in [2.45, 2.75) is 25.3 Å². The third kappa shape index (κ3) is 3.03. The average Bonchev–Trinajstić information content (AvgIpc) is 2.49. The van der Waals surface area contributed by atoms with Gasteiger partial charge in [0.2, 0.25) is 11.9 Å². The molecule has 1 aliphatic rings. The average molecular weight is 256 g/mol. The van der Waals surface area contributed by atoms with Gasteiger partial charge in [-0.05, 0) is 31.5 Å². The van der Waals surface area contributed by atoms with E-state index in [2.05, 4.69) is 30.6 Å². The molecule has 0 radical (unpaired) electrons. The second kappa shape index (κ2) is 5.71. The number of nitrogens with zero attached hydrogens (tertiary/aromatic N) is 4. The fourth-order valence-corrected chi connectivity index (χ4v) is 2.19. The van der Waals surface area contributed by atoms with Crippen LogP contribution in [-0.2, 0) is 0 Å². The van der Waals surface area contributed by atoms with Crippen molar-refractivity contribution in [2.75, 3.05) is 11.9 Å². The van der Waals surface area contributed by atoms with E-state index in [4.69, 9.17) is 0 Å². The van der Waals surface area contributed by atoms with E-state index >= 15 is 0 Å². The molecule has 6 heteroatoms. The Morgan fingerprint density at radius 1 is 1.05 bits per heavy atom. The third-order valence-electron chi connectivity index (χ3n) is 3.13. The largest absolute Gasteiger partial charge is 0.309 e. The van der Waals surface area contributed by atoms with Crippen LogP contribution in [0, 0.1) is 0 Å². The van der Waals surface area contributed by atoms with Gasteiger partial charge >= 0.3 is 0 Å². The van der Waals surface area contributed by atoms with Crippen molar-refractivity contribution < 1.29 is 0 Å². The summed E-state index contributed by atoms with van der Waals surface area (Å²) in [6, 6.07) is 4.06. The quantitative estimate of drug-likeness (QED) is 0.872. The van der Waals surface area contributed by atoms with Gasteiger partial charge in [-0.2, -0.15) is 0 Å². The first kappa shape index (κ1) is 12.0. The highest BCUT2D eigenvalue weighted by atomic mass is 15.2. The lowest BCUT2D eigenvalue weighted by Gasteiger charge is -2.22. The van der Waals surface area contributed by atoms with Gasteiger partial charge < -0.3 is 5.32 Å². The maximum atomic E-state index is 4.53. The molecule has 2 aromatic heterocycles. The van der Waals surface area contributed by atoms with Crippen LogP contribution in [0.3, 0.4) is 0 Å². The molecule has 1 aliphatic heterocycles. The topological polar surface area (TPSA) is 75.6 Å². The molecular formula is C13H16N6. The van der Waals surface area contributed by atoms with Gasteiger partial charge in [0.15, 0.2) is 0 Å². The molecule has 19 heavy (non-hydrogen) atoms. The maximum Gasteiger partial charge on any atom is 0.229 e. The highest BCUT2D eigenvalue weighted by Gasteiger charge is 2.16. The van der Waals surface area contributed by atoms with Crippen LogP contribution in [0.5, 0.6) is 0 Å². The van der Waals surface area contributed by atoms with Gasteiger partial charge in [0.05, 0.1) is 5.69 Å². The monoisotopic (exact) mass is 256 g/mol. The van der Waals surface area contributed by atoms with Crippen LogP contribution >= 0.6 is 0 Å². The Morgan fingerprint density at radius 2 is 1.89 bits per heavy atom. The summed E-state index contributed by atoms with van der Waals surface area (Å²) >= 11 is 0. The molecular weight excluding hydrogens is 240 g/mol. The second-order valence-corrected chi connectivity index (χ2v) is 4.51. The van der Waals surface area contributed by atoms with Crippen LogP contribution in [0.1, 0.15) is 31.0 Å². The van der Waals surface area contributed by atoms with Gasteiger partial charge in [-0.1, -0.05) is 6.42 Å². The highest BCUT2D eigenvalue weighted by Crippen LogP contribution is 2.21. The Bertz CT molecular complexity index is 524. The molecule has 0 aliphatic carbocycles. The van der Waals surface area contributed by atoms with Crippen molar-refractivity contribution >= 4 is 11.9 Å². The standard InChI is InChI=1S/C13H16N6/c1-2-6-14-10(4-1)11-5-9-17-13(18-11)19-12-15-7-3-8-16-12/h3,5,7-10,14H,1-2,4,6H2,(H,15,16,17,18,19). The molecule has 0 bridgehead atoms. The Labute approximate surface area is 111 Å². The SMILES string of the molecule is c1cnc(Nc2nccc(C3CCCCN3)n2)nc1. The van der Waals surface area contributed by atoms with Crippen molar-refractivity contribution in [1.82, 2.24) is 25.3 Å². The predicted octanol–water partition coefficient (Wildman–Crippen LogP) is 1.82. The Hall–Kier alpha value is -2.08. The first-order valence-corrected chi connectivity index (χ1v) is 6.52. The van der Waals surface area contributed by atoms with E-state index in [-0.39, 0.29) is 0 Å². The van der Waals surface area contributed by atoms with Crippen molar-refractivity contribution in [3.05, 3.63) is 36.4 Å². The van der Waals surface area contributed by atoms with Crippen molar-refractivity contribution in [3.63, 3.8) is 0 Å². The third-order valence-corrected chi connectivity index (χ3v) is 3.13.